The zero-order valence-corrected chi connectivity index (χ0v) is 21.1. The molecule has 0 aromatic heterocycles. The minimum Gasteiger partial charge on any atom is -0.444 e. The van der Waals surface area contributed by atoms with Gasteiger partial charge in [-0.3, -0.25) is 9.59 Å². The minimum atomic E-state index is -0.894. The number of anilines is 1. The molecule has 184 valence electrons. The maximum Gasteiger partial charge on any atom is 0.408 e. The third-order valence-corrected chi connectivity index (χ3v) is 5.56. The fraction of sp³-hybridized carbons (Fsp3) is 0.321. The van der Waals surface area contributed by atoms with Gasteiger partial charge in [0.05, 0.1) is 0 Å². The van der Waals surface area contributed by atoms with E-state index in [4.69, 9.17) is 4.74 Å². The van der Waals surface area contributed by atoms with E-state index in [2.05, 4.69) is 10.6 Å². The van der Waals surface area contributed by atoms with Gasteiger partial charge < -0.3 is 20.3 Å². The predicted molar refractivity (Wildman–Crippen MR) is 138 cm³/mol. The van der Waals surface area contributed by atoms with Crippen LogP contribution in [0.4, 0.5) is 10.5 Å². The Morgan fingerprint density at radius 1 is 0.943 bits per heavy atom. The Labute approximate surface area is 206 Å². The van der Waals surface area contributed by atoms with Gasteiger partial charge in [-0.25, -0.2) is 4.79 Å². The second-order valence-electron chi connectivity index (χ2n) is 9.67. The Morgan fingerprint density at radius 2 is 1.63 bits per heavy atom. The Morgan fingerprint density at radius 3 is 2.31 bits per heavy atom. The average Bonchev–Trinajstić information content (AvgIpc) is 2.78. The highest BCUT2D eigenvalue weighted by atomic mass is 16.6. The maximum atomic E-state index is 13.6. The summed E-state index contributed by atoms with van der Waals surface area (Å²) in [6.07, 6.45) is -0.692. The summed E-state index contributed by atoms with van der Waals surface area (Å²) in [6, 6.07) is 18.5. The van der Waals surface area contributed by atoms with E-state index < -0.39 is 23.6 Å². The zero-order chi connectivity index (χ0) is 25.8. The van der Waals surface area contributed by atoms with Gasteiger partial charge >= 0.3 is 6.09 Å². The molecule has 0 aliphatic rings. The molecule has 2 N–H and O–H groups in total. The van der Waals surface area contributed by atoms with Crippen LogP contribution in [0.2, 0.25) is 0 Å². The number of fused-ring (bicyclic) bond motifs is 1. The molecule has 0 fully saturated rings. The number of hydrogen-bond donors (Lipinski definition) is 2. The first-order valence-corrected chi connectivity index (χ1v) is 11.5. The van der Waals surface area contributed by atoms with Crippen LogP contribution in [0.3, 0.4) is 0 Å². The first kappa shape index (κ1) is 25.7. The lowest BCUT2D eigenvalue weighted by Gasteiger charge is -2.29. The Bertz CT molecular complexity index is 1250. The zero-order valence-electron chi connectivity index (χ0n) is 21.1. The van der Waals surface area contributed by atoms with Crippen LogP contribution in [0.25, 0.3) is 10.8 Å². The van der Waals surface area contributed by atoms with E-state index in [0.717, 1.165) is 27.5 Å². The normalized spacial score (nSPS) is 12.1. The highest BCUT2D eigenvalue weighted by Gasteiger charge is 2.30. The van der Waals surface area contributed by atoms with Gasteiger partial charge in [0.25, 0.3) is 5.91 Å². The molecule has 1 unspecified atom stereocenters. The molecular formula is C28H33N3O4. The molecule has 1 atom stereocenters. The molecule has 0 saturated heterocycles. The molecule has 0 heterocycles. The Balaban J connectivity index is 1.85. The summed E-state index contributed by atoms with van der Waals surface area (Å²) in [5.74, 6) is -0.766. The van der Waals surface area contributed by atoms with Crippen LogP contribution in [0.1, 0.15) is 43.5 Å². The number of carbonyl (C=O) groups excluding carboxylic acids is 3. The molecule has 0 spiro atoms. The van der Waals surface area contributed by atoms with Gasteiger partial charge in [-0.2, -0.15) is 0 Å². The molecule has 0 radical (unpaired) electrons. The Kier molecular flexibility index (Phi) is 7.79. The lowest BCUT2D eigenvalue weighted by molar-refractivity contribution is -0.136. The quantitative estimate of drug-likeness (QED) is 0.518. The van der Waals surface area contributed by atoms with E-state index in [1.165, 1.54) is 4.90 Å². The first-order valence-electron chi connectivity index (χ1n) is 11.5. The van der Waals surface area contributed by atoms with E-state index in [1.807, 2.05) is 74.5 Å². The first-order chi connectivity index (χ1) is 16.4. The van der Waals surface area contributed by atoms with E-state index in [-0.39, 0.29) is 12.5 Å². The van der Waals surface area contributed by atoms with Crippen molar-refractivity contribution in [2.45, 2.75) is 46.3 Å². The van der Waals surface area contributed by atoms with Crippen molar-refractivity contribution in [1.82, 2.24) is 10.2 Å². The number of alkyl carbamates (subject to hydrolysis) is 1. The third-order valence-electron chi connectivity index (χ3n) is 5.56. The maximum absolute atomic E-state index is 13.6. The summed E-state index contributed by atoms with van der Waals surface area (Å²) < 4.78 is 5.21. The second-order valence-corrected chi connectivity index (χ2v) is 9.67. The molecule has 35 heavy (non-hydrogen) atoms. The van der Waals surface area contributed by atoms with Crippen molar-refractivity contribution in [2.75, 3.05) is 18.9 Å². The lowest BCUT2D eigenvalue weighted by Crippen LogP contribution is -2.44. The van der Waals surface area contributed by atoms with Gasteiger partial charge in [0.1, 0.15) is 18.2 Å². The van der Waals surface area contributed by atoms with Gasteiger partial charge in [0, 0.05) is 12.7 Å². The lowest BCUT2D eigenvalue weighted by atomic mass is 9.97. The number of aryl methyl sites for hydroxylation is 2. The van der Waals surface area contributed by atoms with Crippen LogP contribution in [-0.2, 0) is 14.3 Å². The number of hydrogen-bond acceptors (Lipinski definition) is 4. The molecule has 7 nitrogen and oxygen atoms in total. The van der Waals surface area contributed by atoms with E-state index in [1.54, 1.807) is 27.8 Å². The number of nitrogens with zero attached hydrogens (tertiary/aromatic N) is 1. The summed E-state index contributed by atoms with van der Waals surface area (Å²) in [6.45, 7) is 8.78. The topological polar surface area (TPSA) is 87.7 Å². The molecule has 7 heteroatoms. The average molecular weight is 476 g/mol. The van der Waals surface area contributed by atoms with Crippen LogP contribution in [0, 0.1) is 13.8 Å². The SMILES string of the molecule is Cc1ccc(C)c(C(C(=O)Nc2ccc3ccccc3c2)N(C)C(=O)CNC(=O)OC(C)(C)C)c1. The standard InChI is InChI=1S/C28H33N3O4/c1-18-11-12-19(2)23(15-18)25(31(6)24(32)17-29-27(34)35-28(3,4)5)26(33)30-22-14-13-20-9-7-8-10-21(20)16-22/h7-16,25H,17H2,1-6H3,(H,29,34)(H,30,33). The highest BCUT2D eigenvalue weighted by Crippen LogP contribution is 2.27. The number of nitrogens with one attached hydrogen (secondary N) is 2. The molecule has 3 aromatic carbocycles. The van der Waals surface area contributed by atoms with Crippen LogP contribution < -0.4 is 10.6 Å². The number of benzene rings is 3. The molecule has 0 bridgehead atoms. The van der Waals surface area contributed by atoms with Crippen molar-refractivity contribution in [2.24, 2.45) is 0 Å². The van der Waals surface area contributed by atoms with E-state index >= 15 is 0 Å². The van der Waals surface area contributed by atoms with E-state index in [0.29, 0.717) is 5.69 Å². The molecular weight excluding hydrogens is 442 g/mol. The van der Waals surface area contributed by atoms with Crippen LogP contribution in [0.15, 0.2) is 60.7 Å². The van der Waals surface area contributed by atoms with Crippen LogP contribution in [0.5, 0.6) is 0 Å². The Hall–Kier alpha value is -3.87. The number of ether oxygens (including phenoxy) is 1. The number of likely N-dealkylation sites (N-methyl/N-ethyl adjacent to an activating group) is 1. The molecule has 0 aliphatic carbocycles. The number of carbonyl (C=O) groups is 3. The van der Waals surface area contributed by atoms with E-state index in [9.17, 15) is 14.4 Å². The van der Waals surface area contributed by atoms with Gasteiger partial charge in [-0.1, -0.05) is 54.1 Å². The number of rotatable bonds is 6. The summed E-state index contributed by atoms with van der Waals surface area (Å²) in [5, 5.41) is 7.51. The van der Waals surface area contributed by atoms with Gasteiger partial charge in [0.15, 0.2) is 0 Å². The second kappa shape index (κ2) is 10.6. The predicted octanol–water partition coefficient (Wildman–Crippen LogP) is 5.12. The van der Waals surface area contributed by atoms with Crippen molar-refractivity contribution >= 4 is 34.4 Å². The fourth-order valence-electron chi connectivity index (χ4n) is 3.79. The molecule has 3 amide bonds. The van der Waals surface area contributed by atoms with Crippen molar-refractivity contribution in [3.63, 3.8) is 0 Å². The molecule has 3 aromatic rings. The van der Waals surface area contributed by atoms with Crippen LogP contribution in [-0.4, -0.2) is 42.0 Å². The monoisotopic (exact) mass is 475 g/mol. The number of amides is 3. The summed E-state index contributed by atoms with van der Waals surface area (Å²) >= 11 is 0. The largest absolute Gasteiger partial charge is 0.444 e. The van der Waals surface area contributed by atoms with Crippen molar-refractivity contribution < 1.29 is 19.1 Å². The van der Waals surface area contributed by atoms with Crippen LogP contribution >= 0.6 is 0 Å². The highest BCUT2D eigenvalue weighted by molar-refractivity contribution is 6.00. The smallest absolute Gasteiger partial charge is 0.408 e. The van der Waals surface area contributed by atoms with Crippen molar-refractivity contribution in [1.29, 1.82) is 0 Å². The molecule has 0 aliphatic heterocycles. The van der Waals surface area contributed by atoms with Gasteiger partial charge in [-0.05, 0) is 68.7 Å². The molecule has 3 rings (SSSR count). The fourth-order valence-corrected chi connectivity index (χ4v) is 3.79. The van der Waals surface area contributed by atoms with Crippen molar-refractivity contribution in [3.8, 4) is 0 Å². The summed E-state index contributed by atoms with van der Waals surface area (Å²) in [5.41, 5.74) is 2.53. The van der Waals surface area contributed by atoms with Crippen molar-refractivity contribution in [3.05, 3.63) is 77.4 Å². The van der Waals surface area contributed by atoms with Gasteiger partial charge in [0.2, 0.25) is 5.91 Å². The van der Waals surface area contributed by atoms with Gasteiger partial charge in [-0.15, -0.1) is 0 Å². The third kappa shape index (κ3) is 6.82. The minimum absolute atomic E-state index is 0.296. The summed E-state index contributed by atoms with van der Waals surface area (Å²) in [4.78, 5) is 40.0. The summed E-state index contributed by atoms with van der Waals surface area (Å²) in [7, 11) is 1.56. The molecule has 0 saturated carbocycles.